The van der Waals surface area contributed by atoms with Gasteiger partial charge in [-0.25, -0.2) is 0 Å². The van der Waals surface area contributed by atoms with Crippen LogP contribution in [0.2, 0.25) is 0 Å². The first kappa shape index (κ1) is 12.0. The zero-order valence-corrected chi connectivity index (χ0v) is 10.6. The van der Waals surface area contributed by atoms with Gasteiger partial charge in [0.15, 0.2) is 6.10 Å². The fraction of sp³-hybridized carbons (Fsp3) is 0.364. The molecule has 0 spiro atoms. The van der Waals surface area contributed by atoms with Gasteiger partial charge in [-0.1, -0.05) is 6.07 Å². The molecule has 0 saturated heterocycles. The van der Waals surface area contributed by atoms with E-state index in [0.29, 0.717) is 5.75 Å². The predicted octanol–water partition coefficient (Wildman–Crippen LogP) is 2.27. The molecule has 0 bridgehead atoms. The molecule has 1 aromatic rings. The van der Waals surface area contributed by atoms with Crippen molar-refractivity contribution >= 4 is 21.8 Å². The van der Waals surface area contributed by atoms with Crippen molar-refractivity contribution in [3.63, 3.8) is 0 Å². The topological polar surface area (TPSA) is 38.3 Å². The van der Waals surface area contributed by atoms with Gasteiger partial charge < -0.3 is 10.1 Å². The number of hydrogen-bond acceptors (Lipinski definition) is 2. The summed E-state index contributed by atoms with van der Waals surface area (Å²) in [4.78, 5) is 11.2. The summed E-state index contributed by atoms with van der Waals surface area (Å²) in [6, 6.07) is 5.74. The second kappa shape index (κ2) is 5.16. The lowest BCUT2D eigenvalue weighted by atomic mass is 10.2. The van der Waals surface area contributed by atoms with Crippen molar-refractivity contribution < 1.29 is 9.53 Å². The molecule has 1 amide bonds. The lowest BCUT2D eigenvalue weighted by Crippen LogP contribution is -2.33. The Labute approximate surface area is 97.9 Å². The Bertz CT molecular complexity index is 366. The van der Waals surface area contributed by atoms with E-state index in [1.807, 2.05) is 25.1 Å². The molecule has 3 nitrogen and oxygen atoms in total. The van der Waals surface area contributed by atoms with E-state index >= 15 is 0 Å². The Morgan fingerprint density at radius 2 is 2.20 bits per heavy atom. The average molecular weight is 272 g/mol. The predicted molar refractivity (Wildman–Crippen MR) is 63.0 cm³/mol. The van der Waals surface area contributed by atoms with Gasteiger partial charge in [-0.3, -0.25) is 4.79 Å². The van der Waals surface area contributed by atoms with Crippen molar-refractivity contribution in [1.82, 2.24) is 5.32 Å². The fourth-order valence-electron chi connectivity index (χ4n) is 1.15. The summed E-state index contributed by atoms with van der Waals surface area (Å²) in [6.07, 6.45) is -0.492. The van der Waals surface area contributed by atoms with Crippen LogP contribution in [0.15, 0.2) is 22.7 Å². The number of rotatable bonds is 3. The van der Waals surface area contributed by atoms with Crippen LogP contribution in [-0.2, 0) is 4.79 Å². The molecule has 1 aromatic carbocycles. The number of likely N-dealkylation sites (N-methyl/N-ethyl adjacent to an activating group) is 1. The van der Waals surface area contributed by atoms with Crippen LogP contribution in [0.25, 0.3) is 0 Å². The maximum atomic E-state index is 11.2. The molecule has 0 aromatic heterocycles. The van der Waals surface area contributed by atoms with Gasteiger partial charge >= 0.3 is 0 Å². The molecule has 1 N–H and O–H groups in total. The molecular formula is C11H14BrNO2. The van der Waals surface area contributed by atoms with E-state index < -0.39 is 6.10 Å². The van der Waals surface area contributed by atoms with Gasteiger partial charge in [-0.15, -0.1) is 0 Å². The number of nitrogens with one attached hydrogen (secondary N) is 1. The monoisotopic (exact) mass is 271 g/mol. The van der Waals surface area contributed by atoms with Gasteiger partial charge in [0, 0.05) is 7.05 Å². The standard InChI is InChI=1S/C11H14BrNO2/c1-7-4-5-10(9(12)6-7)15-8(2)11(14)13-3/h4-6,8H,1-3H3,(H,13,14). The van der Waals surface area contributed by atoms with Crippen LogP contribution in [-0.4, -0.2) is 19.1 Å². The fourth-order valence-corrected chi connectivity index (χ4v) is 1.74. The van der Waals surface area contributed by atoms with Crippen LogP contribution in [0.1, 0.15) is 12.5 Å². The molecule has 1 rings (SSSR count). The molecule has 0 saturated carbocycles. The van der Waals surface area contributed by atoms with E-state index in [1.165, 1.54) is 0 Å². The largest absolute Gasteiger partial charge is 0.480 e. The van der Waals surface area contributed by atoms with Crippen molar-refractivity contribution in [2.75, 3.05) is 7.05 Å². The summed E-state index contributed by atoms with van der Waals surface area (Å²) in [5.74, 6) is 0.541. The molecule has 1 atom stereocenters. The Kier molecular flexibility index (Phi) is 4.15. The van der Waals surface area contributed by atoms with Gasteiger partial charge in [-0.05, 0) is 47.5 Å². The first-order valence-electron chi connectivity index (χ1n) is 4.69. The number of amides is 1. The Morgan fingerprint density at radius 1 is 1.53 bits per heavy atom. The molecule has 4 heteroatoms. The number of ether oxygens (including phenoxy) is 1. The van der Waals surface area contributed by atoms with Crippen LogP contribution in [0.4, 0.5) is 0 Å². The molecule has 0 aliphatic heterocycles. The molecule has 0 radical (unpaired) electrons. The van der Waals surface area contributed by atoms with Crippen LogP contribution >= 0.6 is 15.9 Å². The lowest BCUT2D eigenvalue weighted by molar-refractivity contribution is -0.126. The van der Waals surface area contributed by atoms with Gasteiger partial charge in [-0.2, -0.15) is 0 Å². The summed E-state index contributed by atoms with van der Waals surface area (Å²) in [6.45, 7) is 3.71. The van der Waals surface area contributed by atoms with Crippen molar-refractivity contribution in [2.45, 2.75) is 20.0 Å². The van der Waals surface area contributed by atoms with Gasteiger partial charge in [0.1, 0.15) is 5.75 Å². The van der Waals surface area contributed by atoms with Gasteiger partial charge in [0.05, 0.1) is 4.47 Å². The number of benzene rings is 1. The third kappa shape index (κ3) is 3.23. The Hall–Kier alpha value is -1.03. The van der Waals surface area contributed by atoms with Gasteiger partial charge in [0.25, 0.3) is 5.91 Å². The zero-order valence-electron chi connectivity index (χ0n) is 9.00. The minimum absolute atomic E-state index is 0.137. The maximum Gasteiger partial charge on any atom is 0.260 e. The van der Waals surface area contributed by atoms with E-state index in [4.69, 9.17) is 4.74 Å². The number of aryl methyl sites for hydroxylation is 1. The second-order valence-corrected chi connectivity index (χ2v) is 4.16. The minimum Gasteiger partial charge on any atom is -0.480 e. The first-order valence-corrected chi connectivity index (χ1v) is 5.48. The highest BCUT2D eigenvalue weighted by molar-refractivity contribution is 9.10. The number of hydrogen-bond donors (Lipinski definition) is 1. The van der Waals surface area contributed by atoms with Crippen molar-refractivity contribution in [3.05, 3.63) is 28.2 Å². The van der Waals surface area contributed by atoms with Crippen LogP contribution in [0.5, 0.6) is 5.75 Å². The Morgan fingerprint density at radius 3 is 2.73 bits per heavy atom. The van der Waals surface area contributed by atoms with Crippen molar-refractivity contribution in [2.24, 2.45) is 0 Å². The SMILES string of the molecule is CNC(=O)C(C)Oc1ccc(C)cc1Br. The highest BCUT2D eigenvalue weighted by atomic mass is 79.9. The van der Waals surface area contributed by atoms with Crippen molar-refractivity contribution in [1.29, 1.82) is 0 Å². The molecular weight excluding hydrogens is 258 g/mol. The van der Waals surface area contributed by atoms with E-state index in [9.17, 15) is 4.79 Å². The number of carbonyl (C=O) groups is 1. The van der Waals surface area contributed by atoms with E-state index in [0.717, 1.165) is 10.0 Å². The third-order valence-corrected chi connectivity index (χ3v) is 2.63. The maximum absolute atomic E-state index is 11.2. The normalized spacial score (nSPS) is 12.0. The van der Waals surface area contributed by atoms with Gasteiger partial charge in [0.2, 0.25) is 0 Å². The molecule has 82 valence electrons. The molecule has 15 heavy (non-hydrogen) atoms. The van der Waals surface area contributed by atoms with E-state index in [-0.39, 0.29) is 5.91 Å². The number of carbonyl (C=O) groups excluding carboxylic acids is 1. The summed E-state index contributed by atoms with van der Waals surface area (Å²) < 4.78 is 6.35. The molecule has 0 aliphatic rings. The van der Waals surface area contributed by atoms with Crippen molar-refractivity contribution in [3.8, 4) is 5.75 Å². The highest BCUT2D eigenvalue weighted by Crippen LogP contribution is 2.26. The van der Waals surface area contributed by atoms with Crippen LogP contribution in [0, 0.1) is 6.92 Å². The smallest absolute Gasteiger partial charge is 0.260 e. The number of halogens is 1. The molecule has 0 aliphatic carbocycles. The summed E-state index contributed by atoms with van der Waals surface area (Å²) >= 11 is 3.39. The summed E-state index contributed by atoms with van der Waals surface area (Å²) in [5, 5.41) is 2.54. The summed E-state index contributed by atoms with van der Waals surface area (Å²) in [5.41, 5.74) is 1.14. The Balaban J connectivity index is 2.76. The minimum atomic E-state index is -0.492. The molecule has 1 unspecified atom stereocenters. The first-order chi connectivity index (χ1) is 7.04. The quantitative estimate of drug-likeness (QED) is 0.916. The zero-order chi connectivity index (χ0) is 11.4. The third-order valence-electron chi connectivity index (χ3n) is 2.01. The molecule has 0 heterocycles. The summed E-state index contributed by atoms with van der Waals surface area (Å²) in [7, 11) is 1.59. The van der Waals surface area contributed by atoms with Crippen LogP contribution < -0.4 is 10.1 Å². The molecule has 0 fully saturated rings. The van der Waals surface area contributed by atoms with E-state index in [1.54, 1.807) is 14.0 Å². The lowest BCUT2D eigenvalue weighted by Gasteiger charge is -2.14. The van der Waals surface area contributed by atoms with Crippen LogP contribution in [0.3, 0.4) is 0 Å². The van der Waals surface area contributed by atoms with E-state index in [2.05, 4.69) is 21.2 Å². The highest BCUT2D eigenvalue weighted by Gasteiger charge is 2.13. The second-order valence-electron chi connectivity index (χ2n) is 3.31. The average Bonchev–Trinajstić information content (AvgIpc) is 2.20.